The Labute approximate surface area is 197 Å². The van der Waals surface area contributed by atoms with Gasteiger partial charge >= 0.3 is 5.97 Å². The molecule has 1 heterocycles. The van der Waals surface area contributed by atoms with E-state index < -0.39 is 43.4 Å². The summed E-state index contributed by atoms with van der Waals surface area (Å²) >= 11 is 0. The summed E-state index contributed by atoms with van der Waals surface area (Å²) in [5.41, 5.74) is -1.42. The van der Waals surface area contributed by atoms with E-state index in [-0.39, 0.29) is 37.6 Å². The molecule has 0 saturated carbocycles. The van der Waals surface area contributed by atoms with Crippen LogP contribution in [0.4, 0.5) is 5.69 Å². The Kier molecular flexibility index (Phi) is 9.04. The summed E-state index contributed by atoms with van der Waals surface area (Å²) in [4.78, 5) is 26.0. The van der Waals surface area contributed by atoms with Crippen molar-refractivity contribution in [1.82, 2.24) is 9.29 Å². The maximum absolute atomic E-state index is 13.3. The lowest BCUT2D eigenvalue weighted by Gasteiger charge is -2.24. The second kappa shape index (κ2) is 11.3. The van der Waals surface area contributed by atoms with Gasteiger partial charge in [-0.2, -0.15) is 4.31 Å². The fourth-order valence-corrected chi connectivity index (χ4v) is 4.43. The molecule has 12 nitrogen and oxygen atoms in total. The Morgan fingerprint density at radius 3 is 2.50 bits per heavy atom. The topological polar surface area (TPSA) is 169 Å². The van der Waals surface area contributed by atoms with Crippen LogP contribution in [-0.4, -0.2) is 64.1 Å². The zero-order valence-corrected chi connectivity index (χ0v) is 19.8. The zero-order valence-electron chi connectivity index (χ0n) is 18.9. The van der Waals surface area contributed by atoms with Crippen LogP contribution in [0.3, 0.4) is 0 Å². The third-order valence-electron chi connectivity index (χ3n) is 4.29. The molecule has 0 atom stereocenters. The van der Waals surface area contributed by atoms with E-state index in [1.165, 1.54) is 30.5 Å². The van der Waals surface area contributed by atoms with E-state index in [0.717, 1.165) is 16.4 Å². The Morgan fingerprint density at radius 2 is 1.88 bits per heavy atom. The summed E-state index contributed by atoms with van der Waals surface area (Å²) in [7, 11) is -4.38. The van der Waals surface area contributed by atoms with Crippen molar-refractivity contribution in [2.75, 3.05) is 19.7 Å². The Morgan fingerprint density at radius 1 is 1.21 bits per heavy atom. The number of nitro benzene ring substituents is 1. The lowest BCUT2D eigenvalue weighted by atomic mass is 10.2. The summed E-state index contributed by atoms with van der Waals surface area (Å²) in [6.07, 6.45) is -0.810. The number of esters is 1. The highest BCUT2D eigenvalue weighted by atomic mass is 32.2. The van der Waals surface area contributed by atoms with Crippen molar-refractivity contribution in [3.05, 3.63) is 58.4 Å². The van der Waals surface area contributed by atoms with Crippen LogP contribution >= 0.6 is 0 Å². The number of pyridine rings is 1. The minimum absolute atomic E-state index is 0.0631. The number of para-hydroxylation sites is 1. The van der Waals surface area contributed by atoms with E-state index in [0.29, 0.717) is 0 Å². The molecule has 2 aromatic rings. The van der Waals surface area contributed by atoms with Crippen molar-refractivity contribution in [3.63, 3.8) is 0 Å². The minimum Gasteiger partial charge on any atom is -0.492 e. The second-order valence-corrected chi connectivity index (χ2v) is 10.0. The number of carbonyl (C=O) groups excluding carboxylic acids is 1. The van der Waals surface area contributed by atoms with Crippen LogP contribution in [0.5, 0.6) is 5.75 Å². The van der Waals surface area contributed by atoms with Gasteiger partial charge in [-0.15, -0.1) is 0 Å². The number of nitrogens with zero attached hydrogens (tertiary/aromatic N) is 3. The highest BCUT2D eigenvalue weighted by Gasteiger charge is 2.32. The summed E-state index contributed by atoms with van der Waals surface area (Å²) in [5.74, 6) is -0.430. The van der Waals surface area contributed by atoms with Crippen LogP contribution in [0.15, 0.2) is 47.5 Å². The normalized spacial score (nSPS) is 12.1. The number of rotatable bonds is 11. The number of aliphatic hydroxyl groups is 2. The molecule has 0 unspecified atom stereocenters. The van der Waals surface area contributed by atoms with E-state index in [9.17, 15) is 33.5 Å². The van der Waals surface area contributed by atoms with Gasteiger partial charge in [-0.3, -0.25) is 19.9 Å². The van der Waals surface area contributed by atoms with Crippen LogP contribution in [-0.2, 0) is 19.6 Å². The highest BCUT2D eigenvalue weighted by molar-refractivity contribution is 7.89. The number of aliphatic hydroxyl groups excluding tert-OH is 1. The molecule has 1 aromatic carbocycles. The van der Waals surface area contributed by atoms with E-state index in [1.54, 1.807) is 20.8 Å². The van der Waals surface area contributed by atoms with Gasteiger partial charge in [0.2, 0.25) is 10.0 Å². The largest absolute Gasteiger partial charge is 0.492 e. The van der Waals surface area contributed by atoms with Crippen molar-refractivity contribution >= 4 is 21.7 Å². The molecule has 1 aromatic heterocycles. The molecule has 0 aliphatic carbocycles. The van der Waals surface area contributed by atoms with Crippen molar-refractivity contribution in [2.45, 2.75) is 44.0 Å². The maximum Gasteiger partial charge on any atom is 0.307 e. The van der Waals surface area contributed by atoms with E-state index in [1.807, 2.05) is 0 Å². The Bertz CT molecular complexity index is 1110. The van der Waals surface area contributed by atoms with Gasteiger partial charge in [0.1, 0.15) is 18.0 Å². The molecule has 0 fully saturated rings. The SMILES string of the molecule is CC(C)(C)OC(=O)CCN(CCOc1ccnc(C(O)O)c1)S(=O)(=O)c1ccccc1[N+](=O)[O-]. The van der Waals surface area contributed by atoms with Crippen LogP contribution in [0.1, 0.15) is 39.2 Å². The third-order valence-corrected chi connectivity index (χ3v) is 6.24. The maximum atomic E-state index is 13.3. The lowest BCUT2D eigenvalue weighted by Crippen LogP contribution is -2.37. The molecular formula is C21H27N3O9S. The molecule has 13 heteroatoms. The summed E-state index contributed by atoms with van der Waals surface area (Å²) < 4.78 is 38.2. The quantitative estimate of drug-likeness (QED) is 0.202. The first-order chi connectivity index (χ1) is 15.8. The zero-order chi connectivity index (χ0) is 25.5. The van der Waals surface area contributed by atoms with Gasteiger partial charge in [0, 0.05) is 31.4 Å². The van der Waals surface area contributed by atoms with E-state index in [4.69, 9.17) is 9.47 Å². The number of sulfonamides is 1. The van der Waals surface area contributed by atoms with Gasteiger partial charge in [0.25, 0.3) is 5.69 Å². The van der Waals surface area contributed by atoms with Crippen molar-refractivity contribution in [3.8, 4) is 5.75 Å². The molecule has 186 valence electrons. The van der Waals surface area contributed by atoms with E-state index in [2.05, 4.69) is 4.98 Å². The van der Waals surface area contributed by atoms with Gasteiger partial charge in [-0.1, -0.05) is 12.1 Å². The molecule has 0 radical (unpaired) electrons. The first-order valence-electron chi connectivity index (χ1n) is 10.2. The molecule has 2 rings (SSSR count). The fraction of sp³-hybridized carbons (Fsp3) is 0.429. The highest BCUT2D eigenvalue weighted by Crippen LogP contribution is 2.26. The van der Waals surface area contributed by atoms with Crippen molar-refractivity contribution in [1.29, 1.82) is 0 Å². The first-order valence-corrected chi connectivity index (χ1v) is 11.7. The smallest absolute Gasteiger partial charge is 0.307 e. The molecule has 0 aliphatic heterocycles. The summed E-state index contributed by atoms with van der Waals surface area (Å²) in [5, 5.41) is 29.8. The predicted octanol–water partition coefficient (Wildman–Crippen LogP) is 1.77. The van der Waals surface area contributed by atoms with Crippen LogP contribution in [0.25, 0.3) is 0 Å². The monoisotopic (exact) mass is 497 g/mol. The van der Waals surface area contributed by atoms with E-state index >= 15 is 0 Å². The van der Waals surface area contributed by atoms with Crippen LogP contribution < -0.4 is 4.74 Å². The fourth-order valence-electron chi connectivity index (χ4n) is 2.85. The molecule has 2 N–H and O–H groups in total. The van der Waals surface area contributed by atoms with Gasteiger partial charge in [0.05, 0.1) is 17.0 Å². The molecule has 34 heavy (non-hydrogen) atoms. The van der Waals surface area contributed by atoms with Crippen LogP contribution in [0, 0.1) is 10.1 Å². The number of hydrogen-bond acceptors (Lipinski definition) is 10. The van der Waals surface area contributed by atoms with Gasteiger partial charge < -0.3 is 19.7 Å². The van der Waals surface area contributed by atoms with Gasteiger partial charge in [-0.25, -0.2) is 8.42 Å². The number of benzene rings is 1. The average molecular weight is 498 g/mol. The Hall–Kier alpha value is -3.13. The van der Waals surface area contributed by atoms with Gasteiger partial charge in [0.15, 0.2) is 11.2 Å². The minimum atomic E-state index is -4.38. The summed E-state index contributed by atoms with van der Waals surface area (Å²) in [6.45, 7) is 4.27. The standard InChI is InChI=1S/C21H27N3O9S/c1-21(2,3)33-19(25)9-11-23(12-13-32-15-8-10-22-16(14-15)20(26)27)34(30,31)18-7-5-4-6-17(18)24(28)29/h4-8,10,14,20,26-27H,9,11-13H2,1-3H3. The number of nitro groups is 1. The first kappa shape index (κ1) is 27.1. The predicted molar refractivity (Wildman–Crippen MR) is 119 cm³/mol. The molecule has 0 bridgehead atoms. The summed E-state index contributed by atoms with van der Waals surface area (Å²) in [6, 6.07) is 7.61. The second-order valence-electron chi connectivity index (χ2n) is 8.10. The van der Waals surface area contributed by atoms with Crippen LogP contribution in [0.2, 0.25) is 0 Å². The molecule has 0 amide bonds. The van der Waals surface area contributed by atoms with Crippen molar-refractivity contribution in [2.24, 2.45) is 0 Å². The molecule has 0 spiro atoms. The molecular weight excluding hydrogens is 470 g/mol. The van der Waals surface area contributed by atoms with Gasteiger partial charge in [-0.05, 0) is 32.9 Å². The lowest BCUT2D eigenvalue weighted by molar-refractivity contribution is -0.387. The molecule has 0 aliphatic rings. The Balaban J connectivity index is 2.24. The third kappa shape index (κ3) is 7.73. The number of aromatic nitrogens is 1. The number of ether oxygens (including phenoxy) is 2. The molecule has 0 saturated heterocycles. The number of carbonyl (C=O) groups is 1. The number of hydrogen-bond donors (Lipinski definition) is 2. The average Bonchev–Trinajstić information content (AvgIpc) is 2.74. The van der Waals surface area contributed by atoms with Crippen molar-refractivity contribution < 1.29 is 37.8 Å².